The van der Waals surface area contributed by atoms with E-state index >= 15 is 0 Å². The molecule has 128 valence electrons. The molecular weight excluding hydrogens is 385 g/mol. The Morgan fingerprint density at radius 1 is 1.04 bits per heavy atom. The molecule has 0 N–H and O–H groups in total. The molecule has 1 heterocycles. The van der Waals surface area contributed by atoms with Crippen molar-refractivity contribution in [1.82, 2.24) is 0 Å². The van der Waals surface area contributed by atoms with Crippen molar-refractivity contribution in [3.8, 4) is 17.6 Å². The summed E-state index contributed by atoms with van der Waals surface area (Å²) in [5, 5.41) is 8.84. The first kappa shape index (κ1) is 18.0. The minimum atomic E-state index is -0.627. The van der Waals surface area contributed by atoms with E-state index in [1.807, 2.05) is 18.2 Å². The zero-order valence-corrected chi connectivity index (χ0v) is 15.2. The van der Waals surface area contributed by atoms with Gasteiger partial charge in [-0.2, -0.15) is 5.26 Å². The number of benzene rings is 2. The van der Waals surface area contributed by atoms with Crippen LogP contribution < -0.4 is 4.74 Å². The summed E-state index contributed by atoms with van der Waals surface area (Å²) in [4.78, 5) is 0. The van der Waals surface area contributed by atoms with Gasteiger partial charge in [0.25, 0.3) is 0 Å². The fraction of sp³-hybridized carbons (Fsp3) is 0.278. The van der Waals surface area contributed by atoms with E-state index in [1.165, 1.54) is 0 Å². The van der Waals surface area contributed by atoms with Crippen LogP contribution in [0.25, 0.3) is 0 Å². The molecule has 0 aromatic heterocycles. The summed E-state index contributed by atoms with van der Waals surface area (Å²) in [6.45, 7) is 1.64. The Balaban J connectivity index is 1.64. The van der Waals surface area contributed by atoms with Gasteiger partial charge in [-0.15, -0.1) is 0 Å². The lowest BCUT2D eigenvalue weighted by atomic mass is 10.2. The van der Waals surface area contributed by atoms with Crippen molar-refractivity contribution in [3.05, 3.63) is 58.1 Å². The highest BCUT2D eigenvalue weighted by Gasteiger charge is 2.23. The van der Waals surface area contributed by atoms with Crippen LogP contribution in [0.2, 0.25) is 0 Å². The maximum atomic E-state index is 8.84. The molecular formula is C18H17BBrNO4. The van der Waals surface area contributed by atoms with Crippen molar-refractivity contribution in [3.63, 3.8) is 0 Å². The van der Waals surface area contributed by atoms with Crippen molar-refractivity contribution in [1.29, 1.82) is 5.26 Å². The van der Waals surface area contributed by atoms with Gasteiger partial charge in [-0.1, -0.05) is 15.9 Å². The highest BCUT2D eigenvalue weighted by Crippen LogP contribution is 2.27. The zero-order chi connectivity index (χ0) is 17.5. The fourth-order valence-corrected chi connectivity index (χ4v) is 2.69. The summed E-state index contributed by atoms with van der Waals surface area (Å²) in [6, 6.07) is 14.7. The van der Waals surface area contributed by atoms with E-state index in [0.717, 1.165) is 22.9 Å². The molecule has 0 aliphatic carbocycles. The normalized spacial score (nSPS) is 14.6. The quantitative estimate of drug-likeness (QED) is 0.693. The summed E-state index contributed by atoms with van der Waals surface area (Å²) < 4.78 is 23.5. The molecule has 1 fully saturated rings. The zero-order valence-electron chi connectivity index (χ0n) is 13.6. The molecule has 25 heavy (non-hydrogen) atoms. The number of ether oxygens (including phenoxy) is 1. The van der Waals surface area contributed by atoms with Gasteiger partial charge in [-0.05, 0) is 60.9 Å². The van der Waals surface area contributed by atoms with Gasteiger partial charge in [0.15, 0.2) is 0 Å². The minimum absolute atomic E-state index is 0.343. The first-order valence-corrected chi connectivity index (χ1v) is 8.85. The second-order valence-corrected chi connectivity index (χ2v) is 6.39. The van der Waals surface area contributed by atoms with Crippen LogP contribution in [0.4, 0.5) is 0 Å². The number of rotatable bonds is 5. The summed E-state index contributed by atoms with van der Waals surface area (Å²) in [7, 11) is -0.627. The van der Waals surface area contributed by atoms with E-state index in [-0.39, 0.29) is 0 Å². The molecule has 1 aliphatic rings. The average molecular weight is 402 g/mol. The number of halogens is 1. The van der Waals surface area contributed by atoms with Crippen LogP contribution >= 0.6 is 15.9 Å². The van der Waals surface area contributed by atoms with E-state index in [0.29, 0.717) is 36.9 Å². The highest BCUT2D eigenvalue weighted by atomic mass is 79.9. The molecule has 0 atom stereocenters. The Labute approximate surface area is 155 Å². The standard InChI is InChI=1S/C18H17BBrNO4/c20-18-8-7-17(25-16-5-3-14(12-21)4-6-16)11-15(18)13-24-19-22-9-1-2-10-23-19/h3-8,11H,1-2,9-10,13H2. The van der Waals surface area contributed by atoms with Crippen LogP contribution in [0.15, 0.2) is 46.9 Å². The maximum Gasteiger partial charge on any atom is 0.639 e. The van der Waals surface area contributed by atoms with Crippen LogP contribution in [-0.2, 0) is 20.6 Å². The van der Waals surface area contributed by atoms with Gasteiger partial charge in [0.1, 0.15) is 11.5 Å². The van der Waals surface area contributed by atoms with E-state index < -0.39 is 7.32 Å². The van der Waals surface area contributed by atoms with Gasteiger partial charge >= 0.3 is 7.32 Å². The SMILES string of the molecule is N#Cc1ccc(Oc2ccc(Br)c(COB3OCCCCO3)c2)cc1. The lowest BCUT2D eigenvalue weighted by Gasteiger charge is -2.13. The summed E-state index contributed by atoms with van der Waals surface area (Å²) in [5.41, 5.74) is 1.53. The predicted octanol–water partition coefficient (Wildman–Crippen LogP) is 4.44. The molecule has 0 unspecified atom stereocenters. The van der Waals surface area contributed by atoms with Crippen molar-refractivity contribution in [2.24, 2.45) is 0 Å². The van der Waals surface area contributed by atoms with E-state index in [2.05, 4.69) is 22.0 Å². The van der Waals surface area contributed by atoms with Gasteiger partial charge in [0, 0.05) is 17.7 Å². The number of hydrogen-bond donors (Lipinski definition) is 0. The van der Waals surface area contributed by atoms with E-state index in [4.69, 9.17) is 24.0 Å². The predicted molar refractivity (Wildman–Crippen MR) is 97.1 cm³/mol. The lowest BCUT2D eigenvalue weighted by Crippen LogP contribution is -2.25. The molecule has 0 radical (unpaired) electrons. The molecule has 3 rings (SSSR count). The fourth-order valence-electron chi connectivity index (χ4n) is 2.32. The number of hydrogen-bond acceptors (Lipinski definition) is 5. The molecule has 2 aromatic rings. The second-order valence-electron chi connectivity index (χ2n) is 5.54. The van der Waals surface area contributed by atoms with Crippen molar-refractivity contribution in [2.75, 3.05) is 13.2 Å². The maximum absolute atomic E-state index is 8.84. The minimum Gasteiger partial charge on any atom is -0.457 e. The first-order valence-electron chi connectivity index (χ1n) is 8.06. The third kappa shape index (κ3) is 5.31. The Bertz CT molecular complexity index is 740. The van der Waals surface area contributed by atoms with Crippen molar-refractivity contribution >= 4 is 23.3 Å². The Kier molecular flexibility index (Phi) is 6.48. The third-order valence-corrected chi connectivity index (χ3v) is 4.43. The van der Waals surface area contributed by atoms with Crippen LogP contribution in [0.3, 0.4) is 0 Å². The van der Waals surface area contributed by atoms with Gasteiger partial charge in [-0.3, -0.25) is 0 Å². The molecule has 2 aromatic carbocycles. The van der Waals surface area contributed by atoms with E-state index in [9.17, 15) is 0 Å². The second kappa shape index (κ2) is 9.02. The summed E-state index contributed by atoms with van der Waals surface area (Å²) in [6.07, 6.45) is 1.97. The van der Waals surface area contributed by atoms with Crippen LogP contribution in [0, 0.1) is 11.3 Å². The Morgan fingerprint density at radius 2 is 1.72 bits per heavy atom. The van der Waals surface area contributed by atoms with Gasteiger partial charge in [0.05, 0.1) is 18.2 Å². The topological polar surface area (TPSA) is 60.7 Å². The largest absolute Gasteiger partial charge is 0.639 e. The van der Waals surface area contributed by atoms with E-state index in [1.54, 1.807) is 24.3 Å². The lowest BCUT2D eigenvalue weighted by molar-refractivity contribution is 0.107. The molecule has 5 nitrogen and oxygen atoms in total. The smallest absolute Gasteiger partial charge is 0.457 e. The van der Waals surface area contributed by atoms with Crippen LogP contribution in [0.5, 0.6) is 11.5 Å². The molecule has 0 saturated carbocycles. The van der Waals surface area contributed by atoms with Gasteiger partial charge < -0.3 is 18.7 Å². The molecule has 0 spiro atoms. The number of nitrogens with zero attached hydrogens (tertiary/aromatic N) is 1. The summed E-state index contributed by atoms with van der Waals surface area (Å²) in [5.74, 6) is 1.36. The molecule has 0 bridgehead atoms. The molecule has 0 amide bonds. The molecule has 7 heteroatoms. The average Bonchev–Trinajstić information content (AvgIpc) is 2.91. The van der Waals surface area contributed by atoms with Crippen molar-refractivity contribution < 1.29 is 18.7 Å². The van der Waals surface area contributed by atoms with Crippen molar-refractivity contribution in [2.45, 2.75) is 19.4 Å². The Hall–Kier alpha value is -1.85. The van der Waals surface area contributed by atoms with Gasteiger partial charge in [0.2, 0.25) is 0 Å². The number of nitriles is 1. The highest BCUT2D eigenvalue weighted by molar-refractivity contribution is 9.10. The third-order valence-electron chi connectivity index (χ3n) is 3.66. The first-order chi connectivity index (χ1) is 12.2. The molecule has 1 aliphatic heterocycles. The van der Waals surface area contributed by atoms with Gasteiger partial charge in [-0.25, -0.2) is 0 Å². The monoisotopic (exact) mass is 401 g/mol. The summed E-state index contributed by atoms with van der Waals surface area (Å²) >= 11 is 3.52. The van der Waals surface area contributed by atoms with Crippen LogP contribution in [0.1, 0.15) is 24.0 Å². The Morgan fingerprint density at radius 3 is 2.40 bits per heavy atom. The van der Waals surface area contributed by atoms with Crippen LogP contribution in [-0.4, -0.2) is 20.5 Å². The molecule has 1 saturated heterocycles.